The van der Waals surface area contributed by atoms with E-state index in [0.29, 0.717) is 0 Å². The van der Waals surface area contributed by atoms with E-state index >= 15 is 0 Å². The summed E-state index contributed by atoms with van der Waals surface area (Å²) >= 11 is 0. The molecule has 2 aromatic carbocycles. The van der Waals surface area contributed by atoms with E-state index in [-0.39, 0.29) is 21.2 Å². The van der Waals surface area contributed by atoms with Crippen LogP contribution < -0.4 is 10.4 Å². The summed E-state index contributed by atoms with van der Waals surface area (Å²) in [5.41, 5.74) is 0. The summed E-state index contributed by atoms with van der Waals surface area (Å²) in [4.78, 5) is 0. The van der Waals surface area contributed by atoms with Crippen molar-refractivity contribution in [1.82, 2.24) is 0 Å². The molecule has 0 nitrogen and oxygen atoms in total. The Morgan fingerprint density at radius 2 is 1.20 bits per heavy atom. The second kappa shape index (κ2) is 4.36. The van der Waals surface area contributed by atoms with E-state index in [1.165, 1.54) is 24.3 Å². The second-order valence-corrected chi connectivity index (χ2v) is 4.55. The predicted molar refractivity (Wildman–Crippen MR) is 57.8 cm³/mol. The lowest BCUT2D eigenvalue weighted by atomic mass is 10.3. The van der Waals surface area contributed by atoms with Gasteiger partial charge in [-0.15, -0.1) is 0 Å². The lowest BCUT2D eigenvalue weighted by Gasteiger charge is -2.00. The maximum atomic E-state index is 12.9. The summed E-state index contributed by atoms with van der Waals surface area (Å²) in [7, 11) is 0.290. The Bertz CT molecular complexity index is 425. The molecule has 2 radical (unpaired) electrons. The summed E-state index contributed by atoms with van der Waals surface area (Å²) < 4.78 is 25.8. The Balaban J connectivity index is 2.22. The number of hydrogen-bond acceptors (Lipinski definition) is 0. The van der Waals surface area contributed by atoms with Crippen LogP contribution in [0.15, 0.2) is 48.5 Å². The van der Waals surface area contributed by atoms with Gasteiger partial charge < -0.3 is 0 Å². The van der Waals surface area contributed by atoms with Crippen LogP contribution in [0, 0.1) is 11.6 Å². The van der Waals surface area contributed by atoms with Crippen molar-refractivity contribution in [2.24, 2.45) is 0 Å². The van der Waals surface area contributed by atoms with Gasteiger partial charge in [-0.2, -0.15) is 0 Å². The lowest BCUT2D eigenvalue weighted by Crippen LogP contribution is -2.27. The van der Waals surface area contributed by atoms with E-state index in [1.54, 1.807) is 12.1 Å². The molecule has 0 bridgehead atoms. The molecular formula is C12H8F2Si. The third kappa shape index (κ3) is 2.73. The maximum absolute atomic E-state index is 12.9. The first-order valence-corrected chi connectivity index (χ1v) is 5.52. The average Bonchev–Trinajstić information content (AvgIpc) is 2.17. The molecule has 0 heterocycles. The van der Waals surface area contributed by atoms with Crippen LogP contribution >= 0.6 is 0 Å². The van der Waals surface area contributed by atoms with Gasteiger partial charge in [-0.25, -0.2) is 8.78 Å². The van der Waals surface area contributed by atoms with Crippen LogP contribution in [-0.4, -0.2) is 9.52 Å². The molecule has 0 aliphatic rings. The highest BCUT2D eigenvalue weighted by molar-refractivity contribution is 6.67. The third-order valence-corrected chi connectivity index (χ3v) is 3.14. The molecule has 0 saturated heterocycles. The average molecular weight is 218 g/mol. The summed E-state index contributed by atoms with van der Waals surface area (Å²) in [6.45, 7) is 0. The van der Waals surface area contributed by atoms with Gasteiger partial charge in [0.2, 0.25) is 0 Å². The molecule has 0 atom stereocenters. The van der Waals surface area contributed by atoms with Crippen molar-refractivity contribution < 1.29 is 8.78 Å². The molecule has 0 aromatic heterocycles. The molecule has 0 unspecified atom stereocenters. The zero-order valence-corrected chi connectivity index (χ0v) is 8.87. The van der Waals surface area contributed by atoms with E-state index < -0.39 is 0 Å². The summed E-state index contributed by atoms with van der Waals surface area (Å²) in [5, 5.41) is 1.75. The molecule has 74 valence electrons. The Hall–Kier alpha value is -1.48. The first-order chi connectivity index (χ1) is 7.24. The van der Waals surface area contributed by atoms with Crippen molar-refractivity contribution in [3.05, 3.63) is 60.2 Å². The van der Waals surface area contributed by atoms with Gasteiger partial charge in [-0.1, -0.05) is 34.6 Å². The normalized spacial score (nSPS) is 10.3. The minimum Gasteiger partial charge on any atom is -0.207 e. The van der Waals surface area contributed by atoms with Crippen molar-refractivity contribution in [3.8, 4) is 0 Å². The van der Waals surface area contributed by atoms with Gasteiger partial charge in [0.1, 0.15) is 21.2 Å². The SMILES string of the molecule is Fc1cccc([Si]c2cccc(F)c2)c1. The second-order valence-electron chi connectivity index (χ2n) is 3.15. The van der Waals surface area contributed by atoms with E-state index in [4.69, 9.17) is 0 Å². The first-order valence-electron chi connectivity index (χ1n) is 4.52. The lowest BCUT2D eigenvalue weighted by molar-refractivity contribution is 0.629. The summed E-state index contributed by atoms with van der Waals surface area (Å²) in [6, 6.07) is 12.8. The van der Waals surface area contributed by atoms with Crippen LogP contribution in [-0.2, 0) is 0 Å². The minimum atomic E-state index is -0.253. The van der Waals surface area contributed by atoms with Crippen LogP contribution in [0.4, 0.5) is 8.78 Å². The summed E-state index contributed by atoms with van der Waals surface area (Å²) in [5.74, 6) is -0.507. The van der Waals surface area contributed by atoms with Crippen molar-refractivity contribution in [2.45, 2.75) is 0 Å². The molecule has 2 rings (SSSR count). The number of benzene rings is 2. The number of halogens is 2. The van der Waals surface area contributed by atoms with E-state index in [2.05, 4.69) is 0 Å². The molecule has 0 saturated carbocycles. The van der Waals surface area contributed by atoms with Gasteiger partial charge in [0, 0.05) is 0 Å². The largest absolute Gasteiger partial charge is 0.207 e. The highest BCUT2D eigenvalue weighted by Gasteiger charge is 2.00. The van der Waals surface area contributed by atoms with E-state index in [9.17, 15) is 8.78 Å². The van der Waals surface area contributed by atoms with Crippen molar-refractivity contribution in [3.63, 3.8) is 0 Å². The fourth-order valence-corrected chi connectivity index (χ4v) is 2.41. The fourth-order valence-electron chi connectivity index (χ4n) is 1.30. The third-order valence-electron chi connectivity index (χ3n) is 1.94. The number of rotatable bonds is 2. The molecule has 0 amide bonds. The fraction of sp³-hybridized carbons (Fsp3) is 0. The molecule has 0 aliphatic heterocycles. The Morgan fingerprint density at radius 3 is 1.60 bits per heavy atom. The van der Waals surface area contributed by atoms with Crippen LogP contribution in [0.2, 0.25) is 0 Å². The zero-order valence-electron chi connectivity index (χ0n) is 7.87. The molecule has 0 aliphatic carbocycles. The van der Waals surface area contributed by atoms with Gasteiger partial charge in [0.05, 0.1) is 0 Å². The van der Waals surface area contributed by atoms with Crippen LogP contribution in [0.1, 0.15) is 0 Å². The van der Waals surface area contributed by atoms with Gasteiger partial charge in [-0.05, 0) is 24.3 Å². The molecule has 15 heavy (non-hydrogen) atoms. The van der Waals surface area contributed by atoms with Crippen LogP contribution in [0.5, 0.6) is 0 Å². The minimum absolute atomic E-state index is 0.253. The quantitative estimate of drug-likeness (QED) is 0.672. The van der Waals surface area contributed by atoms with Crippen molar-refractivity contribution in [2.75, 3.05) is 0 Å². The monoisotopic (exact) mass is 218 g/mol. The first kappa shape index (κ1) is 10.0. The van der Waals surface area contributed by atoms with Crippen LogP contribution in [0.3, 0.4) is 0 Å². The molecule has 3 heteroatoms. The van der Waals surface area contributed by atoms with Crippen molar-refractivity contribution in [1.29, 1.82) is 0 Å². The topological polar surface area (TPSA) is 0 Å². The molecule has 2 aromatic rings. The maximum Gasteiger partial charge on any atom is 0.123 e. The molecule has 0 spiro atoms. The van der Waals surface area contributed by atoms with E-state index in [1.807, 2.05) is 12.1 Å². The predicted octanol–water partition coefficient (Wildman–Crippen LogP) is 1.62. The smallest absolute Gasteiger partial charge is 0.123 e. The Labute approximate surface area is 89.4 Å². The van der Waals surface area contributed by atoms with Gasteiger partial charge in [0.15, 0.2) is 0 Å². The highest BCUT2D eigenvalue weighted by Crippen LogP contribution is 1.94. The van der Waals surface area contributed by atoms with Gasteiger partial charge in [-0.3, -0.25) is 0 Å². The summed E-state index contributed by atoms with van der Waals surface area (Å²) in [6.07, 6.45) is 0. The van der Waals surface area contributed by atoms with Crippen molar-refractivity contribution >= 4 is 19.9 Å². The van der Waals surface area contributed by atoms with Crippen LogP contribution in [0.25, 0.3) is 0 Å². The zero-order chi connectivity index (χ0) is 10.7. The van der Waals surface area contributed by atoms with Gasteiger partial charge in [0.25, 0.3) is 0 Å². The highest BCUT2D eigenvalue weighted by atomic mass is 28.2. The molecule has 0 N–H and O–H groups in total. The Kier molecular flexibility index (Phi) is 2.92. The van der Waals surface area contributed by atoms with Gasteiger partial charge >= 0.3 is 0 Å². The van der Waals surface area contributed by atoms with E-state index in [0.717, 1.165) is 10.4 Å². The standard InChI is InChI=1S/C12H8F2Si/c13-9-3-1-5-11(7-9)15-12-6-2-4-10(14)8-12/h1-8H. The molecule has 0 fully saturated rings. The Morgan fingerprint density at radius 1 is 0.733 bits per heavy atom. The number of hydrogen-bond donors (Lipinski definition) is 0. The molecular weight excluding hydrogens is 210 g/mol.